The van der Waals surface area contributed by atoms with Crippen LogP contribution < -0.4 is 28.6 Å². The maximum absolute atomic E-state index is 12.3. The van der Waals surface area contributed by atoms with Gasteiger partial charge in [0, 0.05) is 23.5 Å². The maximum Gasteiger partial charge on any atom is 0.330 e. The van der Waals surface area contributed by atoms with Crippen molar-refractivity contribution in [1.29, 1.82) is 0 Å². The minimum absolute atomic E-state index is 0. The highest BCUT2D eigenvalue weighted by molar-refractivity contribution is 8.07. The predicted molar refractivity (Wildman–Crippen MR) is 140 cm³/mol. The summed E-state index contributed by atoms with van der Waals surface area (Å²) in [7, 11) is 0. The van der Waals surface area contributed by atoms with E-state index in [4.69, 9.17) is 30.3 Å². The van der Waals surface area contributed by atoms with Gasteiger partial charge in [-0.1, -0.05) is 0 Å². The van der Waals surface area contributed by atoms with Crippen LogP contribution in [0.2, 0.25) is 0 Å². The minimum Gasteiger partial charge on any atom is -0.393 e. The lowest BCUT2D eigenvalue weighted by atomic mass is 10.1. The smallest absolute Gasteiger partial charge is 0.330 e. The first-order valence-corrected chi connectivity index (χ1v) is 14.3. The number of H-pyrrole nitrogens is 2. The Morgan fingerprint density at radius 2 is 1.50 bits per heavy atom. The standard InChI is InChI=1S/C20H27N4O15PS.H3N/c1-6-3-23(18(32)21-13(6)29)15-10(27)9(26)11(37-15)17(31)38-40(35,41)39-20(34)8(5-25)36-16(12(20)28)24-4-7(2)14(30)22-19(24)33;/h3-4,8-12,15-17,25-28,31,34H,5H2,1-2H3,(H,35,41)(H,21,29,32)(H,22,30,33);1H3/t8-,9?,10?,11+,12?,15-,16-,17?,20?,40?;/m1./s1. The van der Waals surface area contributed by atoms with E-state index in [2.05, 4.69) is 0 Å². The second-order valence-electron chi connectivity index (χ2n) is 9.38. The number of aromatic amines is 2. The Morgan fingerprint density at radius 3 is 2.00 bits per heavy atom. The third-order valence-electron chi connectivity index (χ3n) is 6.52. The second-order valence-corrected chi connectivity index (χ2v) is 12.1. The van der Waals surface area contributed by atoms with Gasteiger partial charge in [0.1, 0.15) is 24.4 Å². The average Bonchev–Trinajstić information content (AvgIpc) is 3.30. The molecule has 2 aliphatic heterocycles. The summed E-state index contributed by atoms with van der Waals surface area (Å²) in [5, 5.41) is 62.9. The van der Waals surface area contributed by atoms with Crippen molar-refractivity contribution < 1.29 is 54.1 Å². The van der Waals surface area contributed by atoms with Crippen LogP contribution >= 0.6 is 6.72 Å². The summed E-state index contributed by atoms with van der Waals surface area (Å²) in [6, 6.07) is 0. The van der Waals surface area contributed by atoms with Gasteiger partial charge in [0.25, 0.3) is 11.1 Å². The number of aromatic nitrogens is 4. The molecule has 4 rings (SSSR count). The number of aliphatic hydroxyl groups excluding tert-OH is 5. The first kappa shape index (κ1) is 34.0. The number of hydrogen-bond donors (Lipinski definition) is 10. The fraction of sp³-hybridized carbons (Fsp3) is 0.600. The van der Waals surface area contributed by atoms with Crippen LogP contribution in [-0.4, -0.2) is 104 Å². The highest BCUT2D eigenvalue weighted by Gasteiger charge is 2.60. The van der Waals surface area contributed by atoms with E-state index >= 15 is 0 Å². The van der Waals surface area contributed by atoms with Crippen LogP contribution in [-0.2, 0) is 30.3 Å². The Balaban J connectivity index is 0.00000484. The summed E-state index contributed by atoms with van der Waals surface area (Å²) in [5.74, 6) is -3.05. The van der Waals surface area contributed by atoms with Gasteiger partial charge in [-0.05, 0) is 25.7 Å². The van der Waals surface area contributed by atoms with E-state index in [0.29, 0.717) is 4.57 Å². The largest absolute Gasteiger partial charge is 0.393 e. The average molecular weight is 644 g/mol. The molecule has 0 amide bonds. The highest BCUT2D eigenvalue weighted by atomic mass is 32.5. The number of aliphatic hydroxyl groups is 6. The summed E-state index contributed by atoms with van der Waals surface area (Å²) in [4.78, 5) is 62.4. The molecule has 0 spiro atoms. The zero-order valence-corrected chi connectivity index (χ0v) is 23.5. The van der Waals surface area contributed by atoms with Gasteiger partial charge in [-0.3, -0.25) is 37.7 Å². The lowest BCUT2D eigenvalue weighted by Crippen LogP contribution is -2.51. The van der Waals surface area contributed by atoms with Crippen LogP contribution in [0.1, 0.15) is 23.6 Å². The molecule has 20 nitrogen and oxygen atoms in total. The molecule has 0 bridgehead atoms. The number of aryl methyl sites for hydroxylation is 2. The number of ether oxygens (including phenoxy) is 2. The monoisotopic (exact) mass is 643 g/mol. The van der Waals surface area contributed by atoms with Gasteiger partial charge in [0.15, 0.2) is 24.8 Å². The molecule has 22 heteroatoms. The molecular formula is C20H30N5O15PS. The molecule has 2 saturated heterocycles. The van der Waals surface area contributed by atoms with Crippen molar-refractivity contribution in [2.24, 2.45) is 0 Å². The number of nitrogens with zero attached hydrogens (tertiary/aromatic N) is 2. The molecule has 0 saturated carbocycles. The molecule has 0 radical (unpaired) electrons. The summed E-state index contributed by atoms with van der Waals surface area (Å²) in [6.45, 7) is -3.23. The van der Waals surface area contributed by atoms with Gasteiger partial charge >= 0.3 is 18.1 Å². The molecule has 0 aliphatic carbocycles. The molecule has 0 aromatic carbocycles. The molecule has 2 aromatic rings. The first-order chi connectivity index (χ1) is 19.0. The Kier molecular flexibility index (Phi) is 9.93. The molecule has 2 aliphatic rings. The van der Waals surface area contributed by atoms with Gasteiger partial charge in [0.05, 0.1) is 6.61 Å². The van der Waals surface area contributed by atoms with Gasteiger partial charge < -0.3 is 51.2 Å². The van der Waals surface area contributed by atoms with E-state index in [1.54, 1.807) is 0 Å². The third kappa shape index (κ3) is 6.11. The second kappa shape index (κ2) is 12.3. The fourth-order valence-corrected chi connectivity index (χ4v) is 6.00. The van der Waals surface area contributed by atoms with Crippen molar-refractivity contribution in [2.45, 2.75) is 68.9 Å². The number of rotatable bonds is 8. The number of nitrogens with one attached hydrogen (secondary N) is 2. The Labute approximate surface area is 238 Å². The molecule has 12 N–H and O–H groups in total. The van der Waals surface area contributed by atoms with Crippen molar-refractivity contribution in [2.75, 3.05) is 6.61 Å². The van der Waals surface area contributed by atoms with E-state index in [9.17, 15) is 54.7 Å². The lowest BCUT2D eigenvalue weighted by molar-refractivity contribution is -0.229. The zero-order chi connectivity index (χ0) is 30.6. The van der Waals surface area contributed by atoms with Crippen LogP contribution in [0, 0.1) is 13.8 Å². The zero-order valence-electron chi connectivity index (χ0n) is 21.8. The van der Waals surface area contributed by atoms with E-state index in [1.165, 1.54) is 13.8 Å². The molecule has 10 atom stereocenters. The summed E-state index contributed by atoms with van der Waals surface area (Å²) in [6.07, 6.45) is -13.5. The van der Waals surface area contributed by atoms with Gasteiger partial charge in [-0.2, -0.15) is 0 Å². The van der Waals surface area contributed by atoms with Gasteiger partial charge in [-0.15, -0.1) is 0 Å². The summed E-state index contributed by atoms with van der Waals surface area (Å²) < 4.78 is 22.1. The van der Waals surface area contributed by atoms with Gasteiger partial charge in [-0.25, -0.2) is 9.59 Å². The van der Waals surface area contributed by atoms with E-state index < -0.39 is 90.9 Å². The molecular weight excluding hydrogens is 613 g/mol. The van der Waals surface area contributed by atoms with Crippen LogP contribution in [0.3, 0.4) is 0 Å². The van der Waals surface area contributed by atoms with Crippen LogP contribution in [0.4, 0.5) is 0 Å². The molecule has 42 heavy (non-hydrogen) atoms. The minimum atomic E-state index is -4.86. The van der Waals surface area contributed by atoms with Crippen molar-refractivity contribution in [3.05, 3.63) is 65.2 Å². The summed E-state index contributed by atoms with van der Waals surface area (Å²) in [5.41, 5.74) is -3.44. The Bertz CT molecular complexity index is 1590. The van der Waals surface area contributed by atoms with E-state index in [0.717, 1.165) is 17.0 Å². The van der Waals surface area contributed by atoms with E-state index in [1.807, 2.05) is 9.97 Å². The molecule has 236 valence electrons. The van der Waals surface area contributed by atoms with Crippen molar-refractivity contribution in [3.63, 3.8) is 0 Å². The molecule has 2 aromatic heterocycles. The maximum atomic E-state index is 12.3. The number of hydrogen-bond acceptors (Lipinski definition) is 16. The highest BCUT2D eigenvalue weighted by Crippen LogP contribution is 2.53. The predicted octanol–water partition coefficient (Wildman–Crippen LogP) is -5.01. The van der Waals surface area contributed by atoms with Crippen molar-refractivity contribution in [1.82, 2.24) is 25.3 Å². The first-order valence-electron chi connectivity index (χ1n) is 11.7. The van der Waals surface area contributed by atoms with Crippen LogP contribution in [0.15, 0.2) is 31.6 Å². The normalized spacial score (nSPS) is 33.2. The van der Waals surface area contributed by atoms with Crippen LogP contribution in [0.5, 0.6) is 0 Å². The Hall–Kier alpha value is -2.47. The Morgan fingerprint density at radius 1 is 1.00 bits per heavy atom. The van der Waals surface area contributed by atoms with Gasteiger partial charge in [0.2, 0.25) is 5.79 Å². The van der Waals surface area contributed by atoms with E-state index in [-0.39, 0.29) is 17.3 Å². The van der Waals surface area contributed by atoms with Crippen molar-refractivity contribution >= 4 is 18.5 Å². The molecule has 2 fully saturated rings. The quantitative estimate of drug-likeness (QED) is 0.0950. The molecule has 4 heterocycles. The lowest BCUT2D eigenvalue weighted by Gasteiger charge is -2.34. The summed E-state index contributed by atoms with van der Waals surface area (Å²) >= 11 is 4.82. The fourth-order valence-electron chi connectivity index (χ4n) is 4.34. The molecule has 6 unspecified atom stereocenters. The van der Waals surface area contributed by atoms with Crippen LogP contribution in [0.25, 0.3) is 0 Å². The van der Waals surface area contributed by atoms with Crippen molar-refractivity contribution in [3.8, 4) is 0 Å². The SMILES string of the molecule is Cc1cn([C@@H]2O[C@H](C(O)OP(O)(=S)OC3(O)C(O)[C@H](n4cc(C)c(=O)[nH]c4=O)O[C@@H]3CO)C(O)C2O)c(=O)[nH]c1=O.N. The third-order valence-corrected chi connectivity index (χ3v) is 8.01. The topological polar surface area (TPSA) is 323 Å².